The minimum Gasteiger partial charge on any atom is -0.410 e. The summed E-state index contributed by atoms with van der Waals surface area (Å²) in [5.74, 6) is 0.611. The molecule has 0 radical (unpaired) electrons. The van der Waals surface area contributed by atoms with Crippen molar-refractivity contribution in [2.75, 3.05) is 27.7 Å². The van der Waals surface area contributed by atoms with Crippen LogP contribution in [0.4, 0.5) is 4.79 Å². The zero-order valence-corrected chi connectivity index (χ0v) is 14.0. The molecule has 0 unspecified atom stereocenters. The van der Waals surface area contributed by atoms with Crippen molar-refractivity contribution < 1.29 is 9.53 Å². The van der Waals surface area contributed by atoms with Crippen molar-refractivity contribution in [1.29, 1.82) is 0 Å². The molecular weight excluding hydrogens is 252 g/mol. The quantitative estimate of drug-likeness (QED) is 0.921. The number of hydrogen-bond donors (Lipinski definition) is 1. The van der Waals surface area contributed by atoms with Crippen molar-refractivity contribution in [3.8, 4) is 5.75 Å². The first kappa shape index (κ1) is 20.8. The van der Waals surface area contributed by atoms with E-state index in [9.17, 15) is 4.79 Å². The Morgan fingerprint density at radius 1 is 1.25 bits per heavy atom. The first-order valence-electron chi connectivity index (χ1n) is 7.19. The average Bonchev–Trinajstić information content (AvgIpc) is 2.49. The van der Waals surface area contributed by atoms with Gasteiger partial charge in [-0.15, -0.1) is 0 Å². The number of aryl methyl sites for hydroxylation is 1. The standard InChI is InChI=1S/C12H17NO2.C2H7N.C2H6/c1-4-10-7-6-8-11(9-10)15-12(14)13(3)5-2;1-3-2;1-2/h6-9H,4-5H2,1-3H3;3H,1-2H3;1-2H3. The van der Waals surface area contributed by atoms with Crippen molar-refractivity contribution in [3.63, 3.8) is 0 Å². The number of benzene rings is 1. The number of rotatable bonds is 3. The topological polar surface area (TPSA) is 41.6 Å². The Morgan fingerprint density at radius 3 is 2.25 bits per heavy atom. The zero-order chi connectivity index (χ0) is 16.0. The van der Waals surface area contributed by atoms with Crippen molar-refractivity contribution in [2.24, 2.45) is 0 Å². The van der Waals surface area contributed by atoms with Crippen LogP contribution in [-0.2, 0) is 6.42 Å². The summed E-state index contributed by atoms with van der Waals surface area (Å²) in [6.45, 7) is 8.62. The van der Waals surface area contributed by atoms with Crippen molar-refractivity contribution >= 4 is 6.09 Å². The van der Waals surface area contributed by atoms with E-state index in [0.29, 0.717) is 12.3 Å². The first-order valence-corrected chi connectivity index (χ1v) is 7.19. The first-order chi connectivity index (χ1) is 9.58. The summed E-state index contributed by atoms with van der Waals surface area (Å²) in [4.78, 5) is 13.0. The molecule has 1 rings (SSSR count). The summed E-state index contributed by atoms with van der Waals surface area (Å²) >= 11 is 0. The Morgan fingerprint density at radius 2 is 1.80 bits per heavy atom. The van der Waals surface area contributed by atoms with Gasteiger partial charge >= 0.3 is 6.09 Å². The Labute approximate surface area is 124 Å². The highest BCUT2D eigenvalue weighted by atomic mass is 16.6. The van der Waals surface area contributed by atoms with Crippen molar-refractivity contribution in [2.45, 2.75) is 34.1 Å². The number of hydrogen-bond acceptors (Lipinski definition) is 3. The second kappa shape index (κ2) is 13.9. The van der Waals surface area contributed by atoms with E-state index in [4.69, 9.17) is 4.74 Å². The predicted octanol–water partition coefficient (Wildman–Crippen LogP) is 3.56. The molecule has 0 aliphatic rings. The van der Waals surface area contributed by atoms with Gasteiger partial charge in [0.25, 0.3) is 0 Å². The summed E-state index contributed by atoms with van der Waals surface area (Å²) in [5.41, 5.74) is 1.17. The molecule has 0 bridgehead atoms. The SMILES string of the molecule is CC.CCc1cccc(OC(=O)N(C)CC)c1.CNC. The summed E-state index contributed by atoms with van der Waals surface area (Å²) in [5, 5.41) is 2.75. The van der Waals surface area contributed by atoms with Crippen LogP contribution in [0.3, 0.4) is 0 Å². The predicted molar refractivity (Wildman–Crippen MR) is 86.5 cm³/mol. The van der Waals surface area contributed by atoms with Gasteiger partial charge in [-0.1, -0.05) is 32.9 Å². The number of ether oxygens (including phenoxy) is 1. The fourth-order valence-corrected chi connectivity index (χ4v) is 1.14. The fourth-order valence-electron chi connectivity index (χ4n) is 1.14. The molecule has 20 heavy (non-hydrogen) atoms. The monoisotopic (exact) mass is 282 g/mol. The van der Waals surface area contributed by atoms with Gasteiger partial charge in [-0.05, 0) is 45.1 Å². The molecule has 0 fully saturated rings. The number of carbonyl (C=O) groups is 1. The Bertz CT molecular complexity index is 354. The van der Waals surface area contributed by atoms with Gasteiger partial charge in [-0.3, -0.25) is 0 Å². The molecule has 116 valence electrons. The van der Waals surface area contributed by atoms with Crippen LogP contribution in [0.5, 0.6) is 5.75 Å². The average molecular weight is 282 g/mol. The van der Waals surface area contributed by atoms with E-state index >= 15 is 0 Å². The van der Waals surface area contributed by atoms with Crippen LogP contribution >= 0.6 is 0 Å². The fraction of sp³-hybridized carbons (Fsp3) is 0.562. The van der Waals surface area contributed by atoms with Crippen LogP contribution in [-0.4, -0.2) is 38.7 Å². The van der Waals surface area contributed by atoms with E-state index < -0.39 is 0 Å². The summed E-state index contributed by atoms with van der Waals surface area (Å²) in [7, 11) is 5.46. The van der Waals surface area contributed by atoms with E-state index in [1.807, 2.05) is 53.1 Å². The lowest BCUT2D eigenvalue weighted by Gasteiger charge is -2.14. The highest BCUT2D eigenvalue weighted by molar-refractivity contribution is 5.70. The maximum atomic E-state index is 11.4. The Balaban J connectivity index is 0. The largest absolute Gasteiger partial charge is 0.414 e. The van der Waals surface area contributed by atoms with Gasteiger partial charge in [0.05, 0.1) is 0 Å². The Hall–Kier alpha value is -1.55. The number of amides is 1. The summed E-state index contributed by atoms with van der Waals surface area (Å²) < 4.78 is 5.20. The number of nitrogens with zero attached hydrogens (tertiary/aromatic N) is 1. The van der Waals surface area contributed by atoms with Crippen LogP contribution in [0.25, 0.3) is 0 Å². The lowest BCUT2D eigenvalue weighted by atomic mass is 10.2. The maximum absolute atomic E-state index is 11.4. The third-order valence-electron chi connectivity index (χ3n) is 2.30. The molecule has 4 heteroatoms. The lowest BCUT2D eigenvalue weighted by molar-refractivity contribution is 0.165. The number of nitrogens with one attached hydrogen (secondary N) is 1. The molecule has 0 spiro atoms. The number of carbonyl (C=O) groups excluding carboxylic acids is 1. The summed E-state index contributed by atoms with van der Waals surface area (Å²) in [6.07, 6.45) is 0.625. The maximum Gasteiger partial charge on any atom is 0.414 e. The van der Waals surface area contributed by atoms with Crippen molar-refractivity contribution in [3.05, 3.63) is 29.8 Å². The molecule has 0 heterocycles. The second-order valence-electron chi connectivity index (χ2n) is 3.88. The molecule has 0 aliphatic heterocycles. The molecule has 0 saturated carbocycles. The molecule has 1 N–H and O–H groups in total. The van der Waals surface area contributed by atoms with Gasteiger partial charge in [0.15, 0.2) is 0 Å². The second-order valence-corrected chi connectivity index (χ2v) is 3.88. The minimum absolute atomic E-state index is 0.314. The molecule has 0 atom stereocenters. The highest BCUT2D eigenvalue weighted by Crippen LogP contribution is 2.14. The zero-order valence-electron chi connectivity index (χ0n) is 14.0. The van der Waals surface area contributed by atoms with E-state index in [1.165, 1.54) is 10.5 Å². The van der Waals surface area contributed by atoms with Crippen LogP contribution in [0.1, 0.15) is 33.3 Å². The molecule has 0 aliphatic carbocycles. The minimum atomic E-state index is -0.314. The third kappa shape index (κ3) is 9.39. The Kier molecular flexibility index (Phi) is 14.4. The van der Waals surface area contributed by atoms with E-state index in [1.54, 1.807) is 13.1 Å². The van der Waals surface area contributed by atoms with Gasteiger partial charge in [-0.2, -0.15) is 0 Å². The molecule has 0 saturated heterocycles. The molecule has 1 aromatic rings. The van der Waals surface area contributed by atoms with Crippen LogP contribution < -0.4 is 10.1 Å². The van der Waals surface area contributed by atoms with Crippen LogP contribution in [0.15, 0.2) is 24.3 Å². The third-order valence-corrected chi connectivity index (χ3v) is 2.30. The van der Waals surface area contributed by atoms with Gasteiger partial charge in [0, 0.05) is 13.6 Å². The van der Waals surface area contributed by atoms with Crippen LogP contribution in [0.2, 0.25) is 0 Å². The van der Waals surface area contributed by atoms with Gasteiger partial charge in [-0.25, -0.2) is 4.79 Å². The molecule has 4 nitrogen and oxygen atoms in total. The summed E-state index contributed by atoms with van der Waals surface area (Å²) in [6, 6.07) is 7.59. The van der Waals surface area contributed by atoms with Gasteiger partial charge in [0.1, 0.15) is 5.75 Å². The van der Waals surface area contributed by atoms with Gasteiger partial charge in [0.2, 0.25) is 0 Å². The smallest absolute Gasteiger partial charge is 0.410 e. The van der Waals surface area contributed by atoms with Crippen LogP contribution in [0, 0.1) is 0 Å². The molecule has 1 amide bonds. The molecule has 0 aromatic heterocycles. The van der Waals surface area contributed by atoms with E-state index in [2.05, 4.69) is 12.2 Å². The highest BCUT2D eigenvalue weighted by Gasteiger charge is 2.08. The molecular formula is C16H30N2O2. The van der Waals surface area contributed by atoms with Crippen molar-refractivity contribution in [1.82, 2.24) is 10.2 Å². The van der Waals surface area contributed by atoms with Gasteiger partial charge < -0.3 is 15.0 Å². The lowest BCUT2D eigenvalue weighted by Crippen LogP contribution is -2.29. The van der Waals surface area contributed by atoms with E-state index in [-0.39, 0.29) is 6.09 Å². The van der Waals surface area contributed by atoms with E-state index in [0.717, 1.165) is 6.42 Å². The normalized spacial score (nSPS) is 8.55. The molecule has 1 aromatic carbocycles.